The van der Waals surface area contributed by atoms with Gasteiger partial charge in [0, 0.05) is 12.6 Å². The Morgan fingerprint density at radius 1 is 1.10 bits per heavy atom. The molecule has 1 amide bonds. The predicted octanol–water partition coefficient (Wildman–Crippen LogP) is 3.11. The van der Waals surface area contributed by atoms with Crippen molar-refractivity contribution in [1.82, 2.24) is 0 Å². The number of nitrogens with two attached hydrogens (primary N) is 1. The number of carbonyl (C=O) groups is 1. The summed E-state index contributed by atoms with van der Waals surface area (Å²) < 4.78 is 26.9. The lowest BCUT2D eigenvalue weighted by Gasteiger charge is -2.09. The monoisotopic (exact) mass is 290 g/mol. The molecule has 0 bridgehead atoms. The molecule has 3 nitrogen and oxygen atoms in total. The third-order valence-corrected chi connectivity index (χ3v) is 3.12. The number of hydrogen-bond acceptors (Lipinski definition) is 2. The highest BCUT2D eigenvalue weighted by atomic mass is 19.1. The number of hydrogen-bond donors (Lipinski definition) is 2. The summed E-state index contributed by atoms with van der Waals surface area (Å²) >= 11 is 0. The standard InChI is InChI=1S/C16H16F2N2O/c17-13-10-14(18)15(9-12(13)16(19)21)20-8-4-7-11-5-2-1-3-6-11/h1-3,5-6,9-10,20H,4,7-8H2,(H2,19,21). The molecule has 2 aromatic rings. The first-order chi connectivity index (χ1) is 10.1. The Balaban J connectivity index is 1.94. The van der Waals surface area contributed by atoms with E-state index in [1.54, 1.807) is 0 Å². The number of aryl methyl sites for hydroxylation is 1. The molecule has 0 aromatic heterocycles. The molecule has 0 fully saturated rings. The summed E-state index contributed by atoms with van der Waals surface area (Å²) in [7, 11) is 0. The molecule has 110 valence electrons. The van der Waals surface area contributed by atoms with E-state index in [9.17, 15) is 13.6 Å². The highest BCUT2D eigenvalue weighted by Gasteiger charge is 2.13. The molecule has 0 saturated carbocycles. The van der Waals surface area contributed by atoms with Gasteiger partial charge in [-0.25, -0.2) is 8.78 Å². The largest absolute Gasteiger partial charge is 0.383 e. The van der Waals surface area contributed by atoms with Gasteiger partial charge in [0.05, 0.1) is 11.3 Å². The van der Waals surface area contributed by atoms with Gasteiger partial charge in [0.1, 0.15) is 11.6 Å². The maximum atomic E-state index is 13.6. The van der Waals surface area contributed by atoms with Crippen molar-refractivity contribution in [2.24, 2.45) is 5.73 Å². The molecule has 21 heavy (non-hydrogen) atoms. The van der Waals surface area contributed by atoms with Gasteiger partial charge >= 0.3 is 0 Å². The number of primary amides is 1. The lowest BCUT2D eigenvalue weighted by Crippen LogP contribution is -2.15. The molecule has 0 saturated heterocycles. The Morgan fingerprint density at radius 3 is 2.48 bits per heavy atom. The first kappa shape index (κ1) is 15.0. The summed E-state index contributed by atoms with van der Waals surface area (Å²) in [5, 5.41) is 2.86. The van der Waals surface area contributed by atoms with Crippen LogP contribution in [0.1, 0.15) is 22.3 Å². The van der Waals surface area contributed by atoms with Gasteiger partial charge in [0.15, 0.2) is 0 Å². The van der Waals surface area contributed by atoms with Gasteiger partial charge in [-0.3, -0.25) is 4.79 Å². The number of halogens is 2. The van der Waals surface area contributed by atoms with Gasteiger partial charge in [-0.15, -0.1) is 0 Å². The second-order valence-electron chi connectivity index (χ2n) is 4.69. The Morgan fingerprint density at radius 2 is 1.81 bits per heavy atom. The molecule has 0 radical (unpaired) electrons. The zero-order valence-corrected chi connectivity index (χ0v) is 11.4. The molecule has 2 aromatic carbocycles. The fourth-order valence-corrected chi connectivity index (χ4v) is 2.03. The van der Waals surface area contributed by atoms with Crippen molar-refractivity contribution in [1.29, 1.82) is 0 Å². The summed E-state index contributed by atoms with van der Waals surface area (Å²) in [6.07, 6.45) is 1.63. The summed E-state index contributed by atoms with van der Waals surface area (Å²) in [5.74, 6) is -2.60. The van der Waals surface area contributed by atoms with Crippen LogP contribution in [0.4, 0.5) is 14.5 Å². The van der Waals surface area contributed by atoms with E-state index in [1.165, 1.54) is 5.56 Å². The minimum atomic E-state index is -0.949. The van der Waals surface area contributed by atoms with Crippen LogP contribution < -0.4 is 11.1 Å². The number of carbonyl (C=O) groups excluding carboxylic acids is 1. The summed E-state index contributed by atoms with van der Waals surface area (Å²) in [5.41, 5.74) is 5.99. The van der Waals surface area contributed by atoms with Gasteiger partial charge in [-0.2, -0.15) is 0 Å². The van der Waals surface area contributed by atoms with Crippen LogP contribution in [0, 0.1) is 11.6 Å². The summed E-state index contributed by atoms with van der Waals surface area (Å²) in [4.78, 5) is 11.0. The lowest BCUT2D eigenvalue weighted by atomic mass is 10.1. The number of rotatable bonds is 6. The smallest absolute Gasteiger partial charge is 0.251 e. The predicted molar refractivity (Wildman–Crippen MR) is 78.1 cm³/mol. The number of nitrogens with one attached hydrogen (secondary N) is 1. The highest BCUT2D eigenvalue weighted by Crippen LogP contribution is 2.19. The van der Waals surface area contributed by atoms with Crippen molar-refractivity contribution < 1.29 is 13.6 Å². The van der Waals surface area contributed by atoms with Gasteiger partial charge in [-0.1, -0.05) is 30.3 Å². The topological polar surface area (TPSA) is 55.1 Å². The number of amides is 1. The first-order valence-electron chi connectivity index (χ1n) is 6.64. The zero-order valence-electron chi connectivity index (χ0n) is 11.4. The quantitative estimate of drug-likeness (QED) is 0.803. The minimum Gasteiger partial charge on any atom is -0.383 e. The van der Waals surface area contributed by atoms with Crippen LogP contribution in [-0.4, -0.2) is 12.5 Å². The van der Waals surface area contributed by atoms with Crippen LogP contribution in [0.5, 0.6) is 0 Å². The molecule has 0 aliphatic rings. The van der Waals surface area contributed by atoms with E-state index in [-0.39, 0.29) is 11.3 Å². The van der Waals surface area contributed by atoms with Crippen molar-refractivity contribution in [2.45, 2.75) is 12.8 Å². The van der Waals surface area contributed by atoms with Gasteiger partial charge in [0.2, 0.25) is 0 Å². The van der Waals surface area contributed by atoms with Crippen LogP contribution in [0.25, 0.3) is 0 Å². The van der Waals surface area contributed by atoms with E-state index in [2.05, 4.69) is 5.32 Å². The highest BCUT2D eigenvalue weighted by molar-refractivity contribution is 5.94. The summed E-state index contributed by atoms with van der Waals surface area (Å²) in [6, 6.07) is 11.7. The average molecular weight is 290 g/mol. The third-order valence-electron chi connectivity index (χ3n) is 3.12. The fraction of sp³-hybridized carbons (Fsp3) is 0.188. The fourth-order valence-electron chi connectivity index (χ4n) is 2.03. The van der Waals surface area contributed by atoms with E-state index in [4.69, 9.17) is 5.73 Å². The van der Waals surface area contributed by atoms with Crippen LogP contribution in [0.15, 0.2) is 42.5 Å². The van der Waals surface area contributed by atoms with E-state index in [0.29, 0.717) is 12.6 Å². The first-order valence-corrected chi connectivity index (χ1v) is 6.64. The molecule has 0 atom stereocenters. The van der Waals surface area contributed by atoms with Crippen LogP contribution in [0.2, 0.25) is 0 Å². The molecular formula is C16H16F2N2O. The molecule has 5 heteroatoms. The molecule has 0 aliphatic carbocycles. The second kappa shape index (κ2) is 6.83. The second-order valence-corrected chi connectivity index (χ2v) is 4.69. The lowest BCUT2D eigenvalue weighted by molar-refractivity contribution is 0.0996. The van der Waals surface area contributed by atoms with E-state index in [0.717, 1.165) is 18.9 Å². The van der Waals surface area contributed by atoms with E-state index in [1.807, 2.05) is 30.3 Å². The van der Waals surface area contributed by atoms with Crippen molar-refractivity contribution in [3.8, 4) is 0 Å². The molecule has 0 aliphatic heterocycles. The molecular weight excluding hydrogens is 274 g/mol. The molecule has 3 N–H and O–H groups in total. The molecule has 2 rings (SSSR count). The van der Waals surface area contributed by atoms with Crippen molar-refractivity contribution >= 4 is 11.6 Å². The minimum absolute atomic E-state index is 0.0817. The Hall–Kier alpha value is -2.43. The summed E-state index contributed by atoms with van der Waals surface area (Å²) in [6.45, 7) is 0.510. The normalized spacial score (nSPS) is 10.4. The van der Waals surface area contributed by atoms with E-state index >= 15 is 0 Å². The Labute approximate surface area is 121 Å². The SMILES string of the molecule is NC(=O)c1cc(NCCCc2ccccc2)c(F)cc1F. The van der Waals surface area contributed by atoms with Gasteiger partial charge in [-0.05, 0) is 24.5 Å². The van der Waals surface area contributed by atoms with E-state index < -0.39 is 17.5 Å². The van der Waals surface area contributed by atoms with Crippen LogP contribution >= 0.6 is 0 Å². The Bertz CT molecular complexity index is 630. The van der Waals surface area contributed by atoms with Crippen molar-refractivity contribution in [3.05, 3.63) is 65.2 Å². The molecule has 0 unspecified atom stereocenters. The molecule has 0 heterocycles. The maximum Gasteiger partial charge on any atom is 0.251 e. The number of benzene rings is 2. The Kier molecular flexibility index (Phi) is 4.87. The van der Waals surface area contributed by atoms with Crippen molar-refractivity contribution in [3.63, 3.8) is 0 Å². The van der Waals surface area contributed by atoms with Gasteiger partial charge in [0.25, 0.3) is 5.91 Å². The van der Waals surface area contributed by atoms with Crippen LogP contribution in [0.3, 0.4) is 0 Å². The van der Waals surface area contributed by atoms with Gasteiger partial charge < -0.3 is 11.1 Å². The molecule has 0 spiro atoms. The maximum absolute atomic E-state index is 13.6. The average Bonchev–Trinajstić information content (AvgIpc) is 2.46. The van der Waals surface area contributed by atoms with Crippen LogP contribution in [-0.2, 0) is 6.42 Å². The zero-order chi connectivity index (χ0) is 15.2. The number of anilines is 1. The third kappa shape index (κ3) is 4.02. The van der Waals surface area contributed by atoms with Crippen molar-refractivity contribution in [2.75, 3.05) is 11.9 Å².